The van der Waals surface area contributed by atoms with E-state index in [0.29, 0.717) is 12.1 Å². The van der Waals surface area contributed by atoms with Gasteiger partial charge in [-0.05, 0) is 30.7 Å². The summed E-state index contributed by atoms with van der Waals surface area (Å²) in [4.78, 5) is 11.5. The van der Waals surface area contributed by atoms with Gasteiger partial charge in [-0.2, -0.15) is 13.2 Å². The van der Waals surface area contributed by atoms with Crippen molar-refractivity contribution in [2.24, 2.45) is 0 Å². The van der Waals surface area contributed by atoms with E-state index in [4.69, 9.17) is 0 Å². The maximum absolute atomic E-state index is 12.3. The Kier molecular flexibility index (Phi) is 5.86. The summed E-state index contributed by atoms with van der Waals surface area (Å²) in [5.41, 5.74) is -0.318. The summed E-state index contributed by atoms with van der Waals surface area (Å²) in [6.07, 6.45) is 0.0506. The molecule has 0 saturated heterocycles. The van der Waals surface area contributed by atoms with Gasteiger partial charge in [-0.1, -0.05) is 26.2 Å². The van der Waals surface area contributed by atoms with Gasteiger partial charge in [-0.15, -0.1) is 0 Å². The number of carbonyl (C=O) groups excluding carboxylic acids is 1. The lowest BCUT2D eigenvalue weighted by molar-refractivity contribution is -0.137. The van der Waals surface area contributed by atoms with Gasteiger partial charge in [0.2, 0.25) is 5.91 Å². The van der Waals surface area contributed by atoms with Gasteiger partial charge < -0.3 is 5.32 Å². The average Bonchev–Trinajstić information content (AvgIpc) is 2.34. The summed E-state index contributed by atoms with van der Waals surface area (Å²) in [6.45, 7) is 2.09. The first-order chi connectivity index (χ1) is 8.93. The number of hydrogen-bond donors (Lipinski definition) is 1. The van der Waals surface area contributed by atoms with E-state index < -0.39 is 11.7 Å². The van der Waals surface area contributed by atoms with Crippen LogP contribution in [0.25, 0.3) is 0 Å². The first kappa shape index (κ1) is 15.5. The van der Waals surface area contributed by atoms with Gasteiger partial charge in [0.05, 0.1) is 5.56 Å². The van der Waals surface area contributed by atoms with E-state index in [0.717, 1.165) is 37.8 Å². The molecule has 0 fully saturated rings. The van der Waals surface area contributed by atoms with E-state index in [-0.39, 0.29) is 5.91 Å². The van der Waals surface area contributed by atoms with E-state index in [1.54, 1.807) is 0 Å². The number of alkyl halides is 3. The Hall–Kier alpha value is -1.52. The molecule has 1 aromatic rings. The van der Waals surface area contributed by atoms with Crippen molar-refractivity contribution in [1.82, 2.24) is 0 Å². The predicted molar refractivity (Wildman–Crippen MR) is 68.8 cm³/mol. The molecule has 1 aromatic carbocycles. The molecule has 0 saturated carbocycles. The minimum atomic E-state index is -4.34. The lowest BCUT2D eigenvalue weighted by atomic mass is 10.1. The zero-order valence-electron chi connectivity index (χ0n) is 10.9. The SMILES string of the molecule is CCCCCCC(=O)Nc1ccc(C(F)(F)F)cc1. The molecule has 1 amide bonds. The fraction of sp³-hybridized carbons (Fsp3) is 0.500. The molecule has 0 unspecified atom stereocenters. The number of carbonyl (C=O) groups is 1. The van der Waals surface area contributed by atoms with Crippen LogP contribution in [-0.2, 0) is 11.0 Å². The van der Waals surface area contributed by atoms with Crippen molar-refractivity contribution in [3.05, 3.63) is 29.8 Å². The molecule has 0 aliphatic heterocycles. The van der Waals surface area contributed by atoms with Gasteiger partial charge in [0.1, 0.15) is 0 Å². The Balaban J connectivity index is 2.43. The van der Waals surface area contributed by atoms with E-state index in [2.05, 4.69) is 12.2 Å². The summed E-state index contributed by atoms with van der Waals surface area (Å²) in [5.74, 6) is -0.157. The van der Waals surface area contributed by atoms with Crippen LogP contribution in [0.5, 0.6) is 0 Å². The fourth-order valence-corrected chi connectivity index (χ4v) is 1.68. The van der Waals surface area contributed by atoms with Crippen molar-refractivity contribution in [2.75, 3.05) is 5.32 Å². The largest absolute Gasteiger partial charge is 0.416 e. The molecule has 1 rings (SSSR count). The highest BCUT2D eigenvalue weighted by Crippen LogP contribution is 2.29. The molecule has 1 N–H and O–H groups in total. The van der Waals surface area contributed by atoms with Gasteiger partial charge in [-0.3, -0.25) is 4.79 Å². The van der Waals surface area contributed by atoms with Crippen LogP contribution in [0.1, 0.15) is 44.6 Å². The lowest BCUT2D eigenvalue weighted by Gasteiger charge is -2.08. The van der Waals surface area contributed by atoms with Gasteiger partial charge in [0.25, 0.3) is 0 Å². The minimum absolute atomic E-state index is 0.157. The van der Waals surface area contributed by atoms with Crippen LogP contribution in [0, 0.1) is 0 Å². The van der Waals surface area contributed by atoms with E-state index in [9.17, 15) is 18.0 Å². The van der Waals surface area contributed by atoms with E-state index in [1.165, 1.54) is 12.1 Å². The number of rotatable bonds is 6. The number of hydrogen-bond acceptors (Lipinski definition) is 1. The molecule has 2 nitrogen and oxygen atoms in total. The Bertz CT molecular complexity index is 398. The van der Waals surface area contributed by atoms with Crippen molar-refractivity contribution >= 4 is 11.6 Å². The zero-order valence-corrected chi connectivity index (χ0v) is 10.9. The van der Waals surface area contributed by atoms with Crippen molar-refractivity contribution in [3.8, 4) is 0 Å². The highest BCUT2D eigenvalue weighted by atomic mass is 19.4. The maximum Gasteiger partial charge on any atom is 0.416 e. The Labute approximate surface area is 111 Å². The molecule has 106 valence electrons. The van der Waals surface area contributed by atoms with Crippen molar-refractivity contribution < 1.29 is 18.0 Å². The molecular weight excluding hydrogens is 255 g/mol. The van der Waals surface area contributed by atoms with Gasteiger partial charge in [-0.25, -0.2) is 0 Å². The van der Waals surface area contributed by atoms with Crippen LogP contribution in [0.2, 0.25) is 0 Å². The molecule has 0 radical (unpaired) electrons. The maximum atomic E-state index is 12.3. The number of amides is 1. The van der Waals surface area contributed by atoms with Crippen molar-refractivity contribution in [2.45, 2.75) is 45.2 Å². The van der Waals surface area contributed by atoms with E-state index in [1.807, 2.05) is 0 Å². The second-order valence-electron chi connectivity index (χ2n) is 4.43. The number of unbranched alkanes of at least 4 members (excludes halogenated alkanes) is 3. The molecule has 0 aromatic heterocycles. The standard InChI is InChI=1S/C14H18F3NO/c1-2-3-4-5-6-13(19)18-12-9-7-11(8-10-12)14(15,16)17/h7-10H,2-6H2,1H3,(H,18,19). The molecule has 0 atom stereocenters. The summed E-state index contributed by atoms with van der Waals surface area (Å²) in [7, 11) is 0. The van der Waals surface area contributed by atoms with Crippen LogP contribution in [-0.4, -0.2) is 5.91 Å². The molecule has 0 spiro atoms. The Morgan fingerprint density at radius 3 is 2.26 bits per heavy atom. The number of nitrogens with one attached hydrogen (secondary N) is 1. The fourth-order valence-electron chi connectivity index (χ4n) is 1.68. The van der Waals surface area contributed by atoms with Gasteiger partial charge in [0.15, 0.2) is 0 Å². The lowest BCUT2D eigenvalue weighted by Crippen LogP contribution is -2.11. The summed E-state index contributed by atoms with van der Waals surface area (Å²) < 4.78 is 37.0. The highest BCUT2D eigenvalue weighted by molar-refractivity contribution is 5.90. The highest BCUT2D eigenvalue weighted by Gasteiger charge is 2.29. The summed E-state index contributed by atoms with van der Waals surface area (Å²) >= 11 is 0. The van der Waals surface area contributed by atoms with Crippen LogP contribution >= 0.6 is 0 Å². The van der Waals surface area contributed by atoms with Crippen LogP contribution in [0.4, 0.5) is 18.9 Å². The third kappa shape index (κ3) is 5.77. The van der Waals surface area contributed by atoms with Gasteiger partial charge >= 0.3 is 6.18 Å². The van der Waals surface area contributed by atoms with Crippen molar-refractivity contribution in [3.63, 3.8) is 0 Å². The smallest absolute Gasteiger partial charge is 0.326 e. The Morgan fingerprint density at radius 2 is 1.74 bits per heavy atom. The second kappa shape index (κ2) is 7.16. The van der Waals surface area contributed by atoms with Crippen LogP contribution in [0.3, 0.4) is 0 Å². The topological polar surface area (TPSA) is 29.1 Å². The number of benzene rings is 1. The molecule has 19 heavy (non-hydrogen) atoms. The molecule has 0 bridgehead atoms. The Morgan fingerprint density at radius 1 is 1.11 bits per heavy atom. The molecule has 0 aliphatic rings. The monoisotopic (exact) mass is 273 g/mol. The number of halogens is 3. The van der Waals surface area contributed by atoms with Crippen LogP contribution < -0.4 is 5.32 Å². The summed E-state index contributed by atoms with van der Waals surface area (Å²) in [6, 6.07) is 4.47. The zero-order chi connectivity index (χ0) is 14.3. The third-order valence-electron chi connectivity index (χ3n) is 2.75. The number of anilines is 1. The normalized spacial score (nSPS) is 11.4. The molecule has 0 heterocycles. The third-order valence-corrected chi connectivity index (χ3v) is 2.75. The van der Waals surface area contributed by atoms with E-state index >= 15 is 0 Å². The van der Waals surface area contributed by atoms with Gasteiger partial charge in [0, 0.05) is 12.1 Å². The minimum Gasteiger partial charge on any atom is -0.326 e. The first-order valence-electron chi connectivity index (χ1n) is 6.40. The quantitative estimate of drug-likeness (QED) is 0.753. The summed E-state index contributed by atoms with van der Waals surface area (Å²) in [5, 5.41) is 2.59. The molecule has 0 aliphatic carbocycles. The molecule has 5 heteroatoms. The molecular formula is C14H18F3NO. The van der Waals surface area contributed by atoms with Crippen molar-refractivity contribution in [1.29, 1.82) is 0 Å². The van der Waals surface area contributed by atoms with Crippen LogP contribution in [0.15, 0.2) is 24.3 Å². The first-order valence-corrected chi connectivity index (χ1v) is 6.40. The predicted octanol–water partition coefficient (Wildman–Crippen LogP) is 4.61. The average molecular weight is 273 g/mol. The second-order valence-corrected chi connectivity index (χ2v) is 4.43.